The minimum Gasteiger partial charge on any atom is -0.348 e. The molecule has 3 aromatic rings. The third-order valence-electron chi connectivity index (χ3n) is 5.19. The molecule has 0 aliphatic carbocycles. The number of nitriles is 2. The average Bonchev–Trinajstić information content (AvgIpc) is 3.10. The van der Waals surface area contributed by atoms with Gasteiger partial charge in [-0.05, 0) is 56.5 Å². The van der Waals surface area contributed by atoms with Gasteiger partial charge in [0.05, 0.1) is 40.5 Å². The fourth-order valence-corrected chi connectivity index (χ4v) is 3.47. The highest BCUT2D eigenvalue weighted by Crippen LogP contribution is 2.27. The minimum absolute atomic E-state index is 0.0815. The Kier molecular flexibility index (Phi) is 5.39. The van der Waals surface area contributed by atoms with Crippen LogP contribution in [0.25, 0.3) is 11.0 Å². The van der Waals surface area contributed by atoms with E-state index in [1.165, 1.54) is 0 Å². The summed E-state index contributed by atoms with van der Waals surface area (Å²) >= 11 is 0. The fraction of sp³-hybridized carbons (Fsp3) is 0.304. The summed E-state index contributed by atoms with van der Waals surface area (Å²) in [5.41, 5.74) is 4.27. The maximum absolute atomic E-state index is 12.6. The summed E-state index contributed by atoms with van der Waals surface area (Å²) in [6.45, 7) is 7.77. The molecule has 1 atom stereocenters. The third-order valence-corrected chi connectivity index (χ3v) is 5.19. The van der Waals surface area contributed by atoms with Crippen molar-refractivity contribution in [2.24, 2.45) is 0 Å². The van der Waals surface area contributed by atoms with Crippen molar-refractivity contribution in [3.8, 4) is 12.1 Å². The zero-order chi connectivity index (χ0) is 21.2. The van der Waals surface area contributed by atoms with Gasteiger partial charge in [0.15, 0.2) is 0 Å². The van der Waals surface area contributed by atoms with E-state index < -0.39 is 5.41 Å². The lowest BCUT2D eigenvalue weighted by molar-refractivity contribution is -0.122. The molecule has 0 aliphatic heterocycles. The summed E-state index contributed by atoms with van der Waals surface area (Å²) in [6, 6.07) is 15.5. The number of para-hydroxylation sites is 1. The molecule has 29 heavy (non-hydrogen) atoms. The Hall–Kier alpha value is -3.64. The van der Waals surface area contributed by atoms with Gasteiger partial charge >= 0.3 is 0 Å². The number of imidazole rings is 1. The Morgan fingerprint density at radius 2 is 2.03 bits per heavy atom. The van der Waals surface area contributed by atoms with Gasteiger partial charge in [-0.2, -0.15) is 10.5 Å². The summed E-state index contributed by atoms with van der Waals surface area (Å²) in [7, 11) is 0. The molecular formula is C23H23N5O. The van der Waals surface area contributed by atoms with Gasteiger partial charge < -0.3 is 9.88 Å². The molecule has 1 aromatic heterocycles. The van der Waals surface area contributed by atoms with Gasteiger partial charge in [-0.1, -0.05) is 24.3 Å². The van der Waals surface area contributed by atoms with E-state index in [-0.39, 0.29) is 18.5 Å². The quantitative estimate of drug-likeness (QED) is 0.721. The lowest BCUT2D eigenvalue weighted by atomic mass is 9.84. The first-order valence-corrected chi connectivity index (χ1v) is 9.42. The highest BCUT2D eigenvalue weighted by molar-refractivity contribution is 5.84. The van der Waals surface area contributed by atoms with Crippen molar-refractivity contribution >= 4 is 16.9 Å². The molecule has 0 radical (unpaired) electrons. The Morgan fingerprint density at radius 1 is 1.28 bits per heavy atom. The average molecular weight is 385 g/mol. The number of aryl methyl sites for hydroxylation is 1. The Balaban J connectivity index is 1.77. The number of carbonyl (C=O) groups is 1. The van der Waals surface area contributed by atoms with Crippen LogP contribution >= 0.6 is 0 Å². The van der Waals surface area contributed by atoms with Crippen molar-refractivity contribution in [3.05, 3.63) is 65.0 Å². The van der Waals surface area contributed by atoms with Crippen LogP contribution in [0, 0.1) is 29.6 Å². The van der Waals surface area contributed by atoms with E-state index in [0.29, 0.717) is 16.6 Å². The van der Waals surface area contributed by atoms with E-state index in [2.05, 4.69) is 22.4 Å². The van der Waals surface area contributed by atoms with Crippen LogP contribution in [0.5, 0.6) is 0 Å². The van der Waals surface area contributed by atoms with Crippen LogP contribution in [0.3, 0.4) is 0 Å². The molecule has 0 aliphatic rings. The highest BCUT2D eigenvalue weighted by Gasteiger charge is 2.21. The number of fused-ring (bicyclic) bond motifs is 1. The summed E-state index contributed by atoms with van der Waals surface area (Å²) in [6.07, 6.45) is 1.58. The van der Waals surface area contributed by atoms with Gasteiger partial charge in [0.2, 0.25) is 5.91 Å². The normalized spacial score (nSPS) is 12.2. The van der Waals surface area contributed by atoms with Crippen molar-refractivity contribution in [1.82, 2.24) is 14.9 Å². The van der Waals surface area contributed by atoms with E-state index in [0.717, 1.165) is 16.7 Å². The van der Waals surface area contributed by atoms with Crippen molar-refractivity contribution in [1.29, 1.82) is 10.5 Å². The predicted molar refractivity (Wildman–Crippen MR) is 111 cm³/mol. The molecule has 1 amide bonds. The summed E-state index contributed by atoms with van der Waals surface area (Å²) in [4.78, 5) is 16.9. The van der Waals surface area contributed by atoms with Gasteiger partial charge in [0.25, 0.3) is 0 Å². The van der Waals surface area contributed by atoms with E-state index in [1.807, 2.05) is 52.0 Å². The Bertz CT molecular complexity index is 1160. The standard InChI is InChI=1S/C23H23N5O/c1-15-10-18(23(3,4)13-25)8-9-19(15)16(2)27-21(29)12-28-14-26-20-7-5-6-17(11-24)22(20)28/h5-10,14,16H,12H2,1-4H3,(H,27,29). The van der Waals surface area contributed by atoms with Gasteiger partial charge in [0, 0.05) is 0 Å². The maximum Gasteiger partial charge on any atom is 0.240 e. The van der Waals surface area contributed by atoms with Crippen LogP contribution in [0.1, 0.15) is 49.1 Å². The molecule has 3 rings (SSSR count). The number of rotatable bonds is 5. The van der Waals surface area contributed by atoms with Crippen LogP contribution < -0.4 is 5.32 Å². The number of nitrogens with one attached hydrogen (secondary N) is 1. The smallest absolute Gasteiger partial charge is 0.240 e. The zero-order valence-electron chi connectivity index (χ0n) is 17.0. The van der Waals surface area contributed by atoms with Gasteiger partial charge in [-0.3, -0.25) is 4.79 Å². The molecule has 0 saturated carbocycles. The predicted octanol–water partition coefficient (Wildman–Crippen LogP) is 3.89. The lowest BCUT2D eigenvalue weighted by Gasteiger charge is -2.21. The first kappa shape index (κ1) is 20.1. The number of aromatic nitrogens is 2. The largest absolute Gasteiger partial charge is 0.348 e. The second kappa shape index (κ2) is 7.77. The second-order valence-corrected chi connectivity index (χ2v) is 7.75. The van der Waals surface area contributed by atoms with Crippen molar-refractivity contribution in [2.45, 2.75) is 45.7 Å². The van der Waals surface area contributed by atoms with E-state index in [1.54, 1.807) is 23.0 Å². The van der Waals surface area contributed by atoms with Crippen molar-refractivity contribution < 1.29 is 4.79 Å². The molecule has 6 heteroatoms. The number of carbonyl (C=O) groups excluding carboxylic acids is 1. The number of hydrogen-bond donors (Lipinski definition) is 1. The third kappa shape index (κ3) is 3.97. The molecule has 0 bridgehead atoms. The van der Waals surface area contributed by atoms with Crippen molar-refractivity contribution in [2.75, 3.05) is 0 Å². The Morgan fingerprint density at radius 3 is 2.69 bits per heavy atom. The van der Waals surface area contributed by atoms with Gasteiger partial charge in [0.1, 0.15) is 12.6 Å². The summed E-state index contributed by atoms with van der Waals surface area (Å²) in [5.74, 6) is -0.162. The molecule has 0 spiro atoms. The van der Waals surface area contributed by atoms with E-state index >= 15 is 0 Å². The van der Waals surface area contributed by atoms with Crippen LogP contribution in [-0.4, -0.2) is 15.5 Å². The molecule has 1 unspecified atom stereocenters. The van der Waals surface area contributed by atoms with Gasteiger partial charge in [-0.15, -0.1) is 0 Å². The highest BCUT2D eigenvalue weighted by atomic mass is 16.2. The van der Waals surface area contributed by atoms with Crippen LogP contribution in [0.4, 0.5) is 0 Å². The first-order chi connectivity index (χ1) is 13.8. The number of benzene rings is 2. The number of amides is 1. The molecule has 6 nitrogen and oxygen atoms in total. The fourth-order valence-electron chi connectivity index (χ4n) is 3.47. The minimum atomic E-state index is -0.559. The van der Waals surface area contributed by atoms with Crippen LogP contribution in [0.15, 0.2) is 42.7 Å². The van der Waals surface area contributed by atoms with E-state index in [9.17, 15) is 15.3 Å². The molecule has 2 aromatic carbocycles. The molecular weight excluding hydrogens is 362 g/mol. The molecule has 1 heterocycles. The monoisotopic (exact) mass is 385 g/mol. The van der Waals surface area contributed by atoms with Crippen LogP contribution in [-0.2, 0) is 16.8 Å². The number of hydrogen-bond acceptors (Lipinski definition) is 4. The molecule has 0 saturated heterocycles. The molecule has 0 fully saturated rings. The first-order valence-electron chi connectivity index (χ1n) is 9.42. The second-order valence-electron chi connectivity index (χ2n) is 7.75. The lowest BCUT2D eigenvalue weighted by Crippen LogP contribution is -2.30. The molecule has 146 valence electrons. The molecule has 1 N–H and O–H groups in total. The maximum atomic E-state index is 12.6. The number of nitrogens with zero attached hydrogens (tertiary/aromatic N) is 4. The Labute approximate surface area is 170 Å². The van der Waals surface area contributed by atoms with E-state index in [4.69, 9.17) is 0 Å². The topological polar surface area (TPSA) is 94.5 Å². The summed E-state index contributed by atoms with van der Waals surface area (Å²) < 4.78 is 1.70. The zero-order valence-corrected chi connectivity index (χ0v) is 17.0. The SMILES string of the molecule is Cc1cc(C(C)(C)C#N)ccc1C(C)NC(=O)Cn1cnc2cccc(C#N)c21. The van der Waals surface area contributed by atoms with Crippen molar-refractivity contribution in [3.63, 3.8) is 0 Å². The van der Waals surface area contributed by atoms with Crippen LogP contribution in [0.2, 0.25) is 0 Å². The summed E-state index contributed by atoms with van der Waals surface area (Å²) in [5, 5.41) is 21.7. The van der Waals surface area contributed by atoms with Gasteiger partial charge in [-0.25, -0.2) is 4.98 Å².